The molecule has 2 atom stereocenters. The largest absolute Gasteiger partial charge is 0.375 e. The number of aryl methyl sites for hydroxylation is 1. The van der Waals surface area contributed by atoms with Crippen molar-refractivity contribution in [3.8, 4) is 0 Å². The maximum absolute atomic E-state index is 12.6. The van der Waals surface area contributed by atoms with Crippen LogP contribution >= 0.6 is 0 Å². The van der Waals surface area contributed by atoms with Gasteiger partial charge in [0.05, 0.1) is 18.2 Å². The van der Waals surface area contributed by atoms with E-state index >= 15 is 0 Å². The highest BCUT2D eigenvalue weighted by atomic mass is 16.5. The lowest BCUT2D eigenvalue weighted by Gasteiger charge is -2.33. The molecule has 0 aliphatic carbocycles. The quantitative estimate of drug-likeness (QED) is 0.871. The fourth-order valence-electron chi connectivity index (χ4n) is 3.60. The van der Waals surface area contributed by atoms with Crippen molar-refractivity contribution < 1.29 is 14.3 Å². The van der Waals surface area contributed by atoms with Crippen molar-refractivity contribution in [3.63, 3.8) is 0 Å². The maximum Gasteiger partial charge on any atom is 0.272 e. The van der Waals surface area contributed by atoms with Gasteiger partial charge in [-0.1, -0.05) is 0 Å². The van der Waals surface area contributed by atoms with Gasteiger partial charge in [-0.05, 0) is 45.1 Å². The van der Waals surface area contributed by atoms with Crippen molar-refractivity contribution in [3.05, 3.63) is 17.5 Å². The summed E-state index contributed by atoms with van der Waals surface area (Å²) in [4.78, 5) is 26.7. The molecule has 132 valence electrons. The summed E-state index contributed by atoms with van der Waals surface area (Å²) in [6.45, 7) is 5.85. The fourth-order valence-corrected chi connectivity index (χ4v) is 3.60. The molecule has 2 saturated heterocycles. The van der Waals surface area contributed by atoms with Gasteiger partial charge in [-0.2, -0.15) is 5.10 Å². The highest BCUT2D eigenvalue weighted by Gasteiger charge is 2.33. The minimum atomic E-state index is -0.332. The van der Waals surface area contributed by atoms with E-state index in [1.165, 1.54) is 0 Å². The van der Waals surface area contributed by atoms with Crippen LogP contribution < -0.4 is 5.32 Å². The normalized spacial score (nSPS) is 27.2. The highest BCUT2D eigenvalue weighted by Crippen LogP contribution is 2.28. The number of likely N-dealkylation sites (tertiary alicyclic amines) is 1. The molecule has 1 aromatic rings. The van der Waals surface area contributed by atoms with E-state index in [1.807, 2.05) is 13.8 Å². The Kier molecular flexibility index (Phi) is 4.89. The first kappa shape index (κ1) is 17.0. The van der Waals surface area contributed by atoms with Crippen LogP contribution in [0.4, 0.5) is 0 Å². The monoisotopic (exact) mass is 334 g/mol. The summed E-state index contributed by atoms with van der Waals surface area (Å²) in [6.07, 6.45) is 5.76. The van der Waals surface area contributed by atoms with Crippen LogP contribution in [0.15, 0.2) is 6.20 Å². The lowest BCUT2D eigenvalue weighted by molar-refractivity contribution is -0.127. The topological polar surface area (TPSA) is 87.3 Å². The molecule has 2 aliphatic rings. The van der Waals surface area contributed by atoms with Gasteiger partial charge in [0.2, 0.25) is 5.91 Å². The Bertz CT molecular complexity index is 607. The summed E-state index contributed by atoms with van der Waals surface area (Å²) in [7, 11) is 0. The third kappa shape index (κ3) is 3.77. The number of ether oxygens (including phenoxy) is 1. The van der Waals surface area contributed by atoms with Crippen LogP contribution in [-0.2, 0) is 9.53 Å². The number of hydrogen-bond donors (Lipinski definition) is 2. The van der Waals surface area contributed by atoms with Crippen LogP contribution in [0.3, 0.4) is 0 Å². The van der Waals surface area contributed by atoms with Crippen molar-refractivity contribution in [1.29, 1.82) is 0 Å². The van der Waals surface area contributed by atoms with Crippen LogP contribution in [0.5, 0.6) is 0 Å². The standard InChI is InChI=1S/C17H26N4O3/c1-12-10-18-20-15(12)16(23)21-7-3-5-13(11-21)19-14(22)9-17(2)6-4-8-24-17/h10,13H,3-9,11H2,1-2H3,(H,18,20)(H,19,22). The number of aromatic nitrogens is 2. The highest BCUT2D eigenvalue weighted by molar-refractivity contribution is 5.93. The average molecular weight is 334 g/mol. The van der Waals surface area contributed by atoms with E-state index in [2.05, 4.69) is 15.5 Å². The van der Waals surface area contributed by atoms with Crippen molar-refractivity contribution >= 4 is 11.8 Å². The van der Waals surface area contributed by atoms with Gasteiger partial charge < -0.3 is 15.0 Å². The molecule has 2 unspecified atom stereocenters. The Hall–Kier alpha value is -1.89. The summed E-state index contributed by atoms with van der Waals surface area (Å²) >= 11 is 0. The first-order valence-corrected chi connectivity index (χ1v) is 8.69. The number of H-pyrrole nitrogens is 1. The molecule has 0 spiro atoms. The first-order valence-electron chi connectivity index (χ1n) is 8.69. The summed E-state index contributed by atoms with van der Waals surface area (Å²) in [5.74, 6) is -0.0357. The van der Waals surface area contributed by atoms with Crippen molar-refractivity contribution in [2.45, 2.75) is 57.6 Å². The molecule has 0 saturated carbocycles. The Morgan fingerprint density at radius 1 is 1.50 bits per heavy atom. The van der Waals surface area contributed by atoms with E-state index < -0.39 is 0 Å². The Balaban J connectivity index is 1.54. The molecule has 0 radical (unpaired) electrons. The van der Waals surface area contributed by atoms with Crippen LogP contribution in [0, 0.1) is 6.92 Å². The maximum atomic E-state index is 12.6. The molecule has 1 aromatic heterocycles. The summed E-state index contributed by atoms with van der Waals surface area (Å²) < 4.78 is 5.69. The number of piperidine rings is 1. The van der Waals surface area contributed by atoms with E-state index in [0.717, 1.165) is 37.9 Å². The fraction of sp³-hybridized carbons (Fsp3) is 0.706. The van der Waals surface area contributed by atoms with Gasteiger partial charge >= 0.3 is 0 Å². The number of rotatable bonds is 4. The molecule has 2 N–H and O–H groups in total. The van der Waals surface area contributed by atoms with E-state index in [1.54, 1.807) is 11.1 Å². The van der Waals surface area contributed by atoms with Crippen molar-refractivity contribution in [1.82, 2.24) is 20.4 Å². The van der Waals surface area contributed by atoms with Crippen LogP contribution in [0.1, 0.15) is 55.1 Å². The zero-order valence-electron chi connectivity index (χ0n) is 14.4. The van der Waals surface area contributed by atoms with Gasteiger partial charge in [0, 0.05) is 25.7 Å². The molecule has 3 heterocycles. The Morgan fingerprint density at radius 3 is 3.00 bits per heavy atom. The Labute approximate surface area is 142 Å². The molecule has 0 aromatic carbocycles. The lowest BCUT2D eigenvalue weighted by Crippen LogP contribution is -2.50. The SMILES string of the molecule is Cc1cn[nH]c1C(=O)N1CCCC(NC(=O)CC2(C)CCCO2)C1. The molecule has 2 fully saturated rings. The second kappa shape index (κ2) is 6.93. The lowest BCUT2D eigenvalue weighted by atomic mass is 9.97. The number of nitrogens with zero attached hydrogens (tertiary/aromatic N) is 2. The Morgan fingerprint density at radius 2 is 2.33 bits per heavy atom. The third-order valence-corrected chi connectivity index (χ3v) is 4.95. The molecular formula is C17H26N4O3. The van der Waals surface area contributed by atoms with Crippen molar-refractivity contribution in [2.24, 2.45) is 0 Å². The third-order valence-electron chi connectivity index (χ3n) is 4.95. The molecule has 24 heavy (non-hydrogen) atoms. The van der Waals surface area contributed by atoms with E-state index in [0.29, 0.717) is 25.2 Å². The van der Waals surface area contributed by atoms with Crippen LogP contribution in [0.25, 0.3) is 0 Å². The van der Waals surface area contributed by atoms with E-state index in [-0.39, 0.29) is 23.5 Å². The molecular weight excluding hydrogens is 308 g/mol. The van der Waals surface area contributed by atoms with Crippen LogP contribution in [-0.4, -0.2) is 58.3 Å². The zero-order chi connectivity index (χ0) is 17.2. The minimum Gasteiger partial charge on any atom is -0.375 e. The summed E-state index contributed by atoms with van der Waals surface area (Å²) in [5.41, 5.74) is 1.05. The van der Waals surface area contributed by atoms with Crippen LogP contribution in [0.2, 0.25) is 0 Å². The molecule has 2 aliphatic heterocycles. The van der Waals surface area contributed by atoms with Gasteiger partial charge in [-0.25, -0.2) is 0 Å². The molecule has 3 rings (SSSR count). The van der Waals surface area contributed by atoms with Gasteiger partial charge in [-0.3, -0.25) is 14.7 Å². The van der Waals surface area contributed by atoms with E-state index in [9.17, 15) is 9.59 Å². The van der Waals surface area contributed by atoms with Gasteiger partial charge in [0.15, 0.2) is 0 Å². The van der Waals surface area contributed by atoms with Crippen molar-refractivity contribution in [2.75, 3.05) is 19.7 Å². The molecule has 7 nitrogen and oxygen atoms in total. The minimum absolute atomic E-state index is 0.00318. The molecule has 2 amide bonds. The predicted octanol–water partition coefficient (Wildman–Crippen LogP) is 1.40. The number of carbonyl (C=O) groups excluding carboxylic acids is 2. The summed E-state index contributed by atoms with van der Waals surface area (Å²) in [5, 5.41) is 9.76. The first-order chi connectivity index (χ1) is 11.5. The molecule has 7 heteroatoms. The number of aromatic amines is 1. The number of amides is 2. The number of hydrogen-bond acceptors (Lipinski definition) is 4. The predicted molar refractivity (Wildman–Crippen MR) is 88.6 cm³/mol. The second-order valence-corrected chi connectivity index (χ2v) is 7.16. The zero-order valence-corrected chi connectivity index (χ0v) is 14.4. The van der Waals surface area contributed by atoms with Gasteiger partial charge in [-0.15, -0.1) is 0 Å². The van der Waals surface area contributed by atoms with Gasteiger partial charge in [0.25, 0.3) is 5.91 Å². The number of carbonyl (C=O) groups is 2. The average Bonchev–Trinajstić information content (AvgIpc) is 3.15. The van der Waals surface area contributed by atoms with Gasteiger partial charge in [0.1, 0.15) is 5.69 Å². The smallest absolute Gasteiger partial charge is 0.272 e. The molecule has 0 bridgehead atoms. The number of nitrogens with one attached hydrogen (secondary N) is 2. The van der Waals surface area contributed by atoms with E-state index in [4.69, 9.17) is 4.74 Å². The summed E-state index contributed by atoms with van der Waals surface area (Å²) in [6, 6.07) is 0.00318. The second-order valence-electron chi connectivity index (χ2n) is 7.16.